The minimum absolute atomic E-state index is 0.00610. The normalized spacial score (nSPS) is 19.2. The van der Waals surface area contributed by atoms with E-state index in [9.17, 15) is 0 Å². The average molecular weight is 433 g/mol. The second-order valence-electron chi connectivity index (χ2n) is 8.73. The zero-order valence-electron chi connectivity index (χ0n) is 19.3. The van der Waals surface area contributed by atoms with Crippen molar-refractivity contribution in [1.82, 2.24) is 0 Å². The predicted octanol–water partition coefficient (Wildman–Crippen LogP) is 8.03. The van der Waals surface area contributed by atoms with E-state index in [1.165, 1.54) is 96.3 Å². The van der Waals surface area contributed by atoms with Gasteiger partial charge in [-0.3, -0.25) is 0 Å². The Balaban J connectivity index is 1.75. The van der Waals surface area contributed by atoms with Gasteiger partial charge in [-0.05, 0) is 25.7 Å². The summed E-state index contributed by atoms with van der Waals surface area (Å²) in [6, 6.07) is 0. The number of rotatable bonds is 22. The molecule has 29 heavy (non-hydrogen) atoms. The first kappa shape index (κ1) is 27.2. The topological polar surface area (TPSA) is 27.7 Å². The quantitative estimate of drug-likeness (QED) is 0.128. The van der Waals surface area contributed by atoms with Crippen molar-refractivity contribution in [2.75, 3.05) is 25.7 Å². The SMILES string of the molecule is CCCCCCCCCCCCCCCCCC1OCC(COCCCCCl)O1. The molecule has 0 saturated carbocycles. The molecule has 1 aliphatic heterocycles. The molecular weight excluding hydrogens is 384 g/mol. The molecule has 0 spiro atoms. The Bertz CT molecular complexity index is 327. The van der Waals surface area contributed by atoms with Gasteiger partial charge < -0.3 is 14.2 Å². The van der Waals surface area contributed by atoms with Crippen molar-refractivity contribution in [3.8, 4) is 0 Å². The predicted molar refractivity (Wildman–Crippen MR) is 125 cm³/mol. The number of ether oxygens (including phenoxy) is 3. The first-order valence-corrected chi connectivity index (χ1v) is 13.3. The van der Waals surface area contributed by atoms with Crippen molar-refractivity contribution in [2.45, 2.75) is 135 Å². The van der Waals surface area contributed by atoms with Gasteiger partial charge in [0.1, 0.15) is 6.10 Å². The van der Waals surface area contributed by atoms with Gasteiger partial charge in [-0.1, -0.05) is 96.8 Å². The zero-order valence-corrected chi connectivity index (χ0v) is 20.1. The van der Waals surface area contributed by atoms with Crippen LogP contribution in [0.25, 0.3) is 0 Å². The molecule has 2 atom stereocenters. The van der Waals surface area contributed by atoms with Crippen LogP contribution in [-0.4, -0.2) is 38.1 Å². The third-order valence-electron chi connectivity index (χ3n) is 5.83. The van der Waals surface area contributed by atoms with E-state index in [1.54, 1.807) is 0 Å². The van der Waals surface area contributed by atoms with Crippen LogP contribution in [0.2, 0.25) is 0 Å². The van der Waals surface area contributed by atoms with Crippen LogP contribution < -0.4 is 0 Å². The lowest BCUT2D eigenvalue weighted by Crippen LogP contribution is -2.19. The summed E-state index contributed by atoms with van der Waals surface area (Å²) in [5.41, 5.74) is 0. The van der Waals surface area contributed by atoms with E-state index < -0.39 is 0 Å². The van der Waals surface area contributed by atoms with Crippen LogP contribution in [0.1, 0.15) is 122 Å². The summed E-state index contributed by atoms with van der Waals surface area (Å²) in [5, 5.41) is 0. The van der Waals surface area contributed by atoms with Crippen molar-refractivity contribution in [3.05, 3.63) is 0 Å². The molecule has 0 aliphatic carbocycles. The maximum absolute atomic E-state index is 5.91. The molecule has 1 rings (SSSR count). The van der Waals surface area contributed by atoms with Crippen molar-refractivity contribution in [3.63, 3.8) is 0 Å². The summed E-state index contributed by atoms with van der Waals surface area (Å²) < 4.78 is 17.3. The van der Waals surface area contributed by atoms with Crippen LogP contribution in [-0.2, 0) is 14.2 Å². The second-order valence-corrected chi connectivity index (χ2v) is 9.11. The van der Waals surface area contributed by atoms with E-state index >= 15 is 0 Å². The van der Waals surface area contributed by atoms with Crippen LogP contribution >= 0.6 is 11.6 Å². The molecule has 1 heterocycles. The molecule has 3 nitrogen and oxygen atoms in total. The zero-order chi connectivity index (χ0) is 20.8. The van der Waals surface area contributed by atoms with Crippen molar-refractivity contribution in [1.29, 1.82) is 0 Å². The number of hydrogen-bond donors (Lipinski definition) is 0. The number of halogens is 1. The summed E-state index contributed by atoms with van der Waals surface area (Å²) >= 11 is 5.66. The van der Waals surface area contributed by atoms with E-state index in [1.807, 2.05) is 0 Å². The van der Waals surface area contributed by atoms with Gasteiger partial charge in [0.15, 0.2) is 6.29 Å². The lowest BCUT2D eigenvalue weighted by Gasteiger charge is -2.11. The Labute approximate surface area is 186 Å². The first-order chi connectivity index (χ1) is 14.4. The molecular formula is C25H49ClO3. The number of unbranched alkanes of at least 4 members (excludes halogenated alkanes) is 15. The minimum Gasteiger partial charge on any atom is -0.379 e. The van der Waals surface area contributed by atoms with Crippen LogP contribution in [0, 0.1) is 0 Å². The van der Waals surface area contributed by atoms with E-state index in [0.717, 1.165) is 25.9 Å². The largest absolute Gasteiger partial charge is 0.379 e. The standard InChI is InChI=1S/C25H49ClO3/c1-2-3-4-5-6-7-8-9-10-11-12-13-14-15-16-19-25-28-23-24(29-25)22-27-21-18-17-20-26/h24-25H,2-23H2,1H3. The summed E-state index contributed by atoms with van der Waals surface area (Å²) in [6.07, 6.45) is 24.2. The summed E-state index contributed by atoms with van der Waals surface area (Å²) in [4.78, 5) is 0. The van der Waals surface area contributed by atoms with Crippen molar-refractivity contribution in [2.24, 2.45) is 0 Å². The van der Waals surface area contributed by atoms with Gasteiger partial charge in [0.05, 0.1) is 13.2 Å². The molecule has 0 bridgehead atoms. The molecule has 1 aliphatic rings. The molecule has 1 fully saturated rings. The Morgan fingerprint density at radius 3 is 1.83 bits per heavy atom. The van der Waals surface area contributed by atoms with E-state index in [-0.39, 0.29) is 12.4 Å². The fourth-order valence-corrected chi connectivity index (χ4v) is 4.13. The first-order valence-electron chi connectivity index (χ1n) is 12.8. The van der Waals surface area contributed by atoms with Gasteiger partial charge in [0.2, 0.25) is 0 Å². The molecule has 0 radical (unpaired) electrons. The summed E-state index contributed by atoms with van der Waals surface area (Å²) in [5.74, 6) is 0.716. The van der Waals surface area contributed by atoms with Gasteiger partial charge in [-0.2, -0.15) is 0 Å². The molecule has 4 heteroatoms. The van der Waals surface area contributed by atoms with E-state index in [4.69, 9.17) is 25.8 Å². The van der Waals surface area contributed by atoms with Gasteiger partial charge in [-0.25, -0.2) is 0 Å². The highest BCUT2D eigenvalue weighted by molar-refractivity contribution is 6.17. The number of alkyl halides is 1. The van der Waals surface area contributed by atoms with Gasteiger partial charge in [0.25, 0.3) is 0 Å². The van der Waals surface area contributed by atoms with E-state index in [2.05, 4.69) is 6.92 Å². The van der Waals surface area contributed by atoms with Gasteiger partial charge >= 0.3 is 0 Å². The van der Waals surface area contributed by atoms with E-state index in [0.29, 0.717) is 19.1 Å². The molecule has 0 aromatic rings. The summed E-state index contributed by atoms with van der Waals surface area (Å²) in [6.45, 7) is 4.39. The maximum Gasteiger partial charge on any atom is 0.158 e. The Morgan fingerprint density at radius 2 is 1.28 bits per heavy atom. The van der Waals surface area contributed by atoms with Crippen LogP contribution in [0.5, 0.6) is 0 Å². The molecule has 1 saturated heterocycles. The molecule has 0 N–H and O–H groups in total. The molecule has 0 aromatic carbocycles. The highest BCUT2D eigenvalue weighted by atomic mass is 35.5. The Kier molecular flexibility index (Phi) is 20.1. The third kappa shape index (κ3) is 17.5. The molecule has 2 unspecified atom stereocenters. The molecule has 0 aromatic heterocycles. The monoisotopic (exact) mass is 432 g/mol. The molecule has 174 valence electrons. The Hall–Kier alpha value is 0.170. The fourth-order valence-electron chi connectivity index (χ4n) is 3.94. The minimum atomic E-state index is -0.00610. The van der Waals surface area contributed by atoms with Crippen LogP contribution in [0.4, 0.5) is 0 Å². The Morgan fingerprint density at radius 1 is 0.724 bits per heavy atom. The van der Waals surface area contributed by atoms with Gasteiger partial charge in [-0.15, -0.1) is 11.6 Å². The van der Waals surface area contributed by atoms with Crippen molar-refractivity contribution < 1.29 is 14.2 Å². The van der Waals surface area contributed by atoms with Crippen LogP contribution in [0.3, 0.4) is 0 Å². The fraction of sp³-hybridized carbons (Fsp3) is 1.00. The highest BCUT2D eigenvalue weighted by Crippen LogP contribution is 2.19. The lowest BCUT2D eigenvalue weighted by molar-refractivity contribution is -0.0760. The average Bonchev–Trinajstić information content (AvgIpc) is 3.18. The van der Waals surface area contributed by atoms with Gasteiger partial charge in [0, 0.05) is 12.5 Å². The van der Waals surface area contributed by atoms with Crippen molar-refractivity contribution >= 4 is 11.6 Å². The van der Waals surface area contributed by atoms with Crippen LogP contribution in [0.15, 0.2) is 0 Å². The maximum atomic E-state index is 5.91. The smallest absolute Gasteiger partial charge is 0.158 e. The molecule has 0 amide bonds. The third-order valence-corrected chi connectivity index (χ3v) is 6.10. The second kappa shape index (κ2) is 21.4. The highest BCUT2D eigenvalue weighted by Gasteiger charge is 2.25. The number of hydrogen-bond acceptors (Lipinski definition) is 3. The summed E-state index contributed by atoms with van der Waals surface area (Å²) in [7, 11) is 0. The lowest BCUT2D eigenvalue weighted by atomic mass is 10.0.